The van der Waals surface area contributed by atoms with Crippen molar-refractivity contribution in [3.8, 4) is 0 Å². The van der Waals surface area contributed by atoms with Gasteiger partial charge in [-0.2, -0.15) is 0 Å². The summed E-state index contributed by atoms with van der Waals surface area (Å²) >= 11 is 0. The van der Waals surface area contributed by atoms with Gasteiger partial charge < -0.3 is 33.2 Å². The second-order valence-electron chi connectivity index (χ2n) is 17.4. The predicted octanol–water partition coefficient (Wildman–Crippen LogP) is 8.33. The van der Waals surface area contributed by atoms with Gasteiger partial charge in [0.15, 0.2) is 8.32 Å². The molecule has 9 heteroatoms. The van der Waals surface area contributed by atoms with Crippen molar-refractivity contribution in [3.05, 3.63) is 60.4 Å². The largest absolute Gasteiger partial charge is 0.502 e. The lowest BCUT2D eigenvalue weighted by atomic mass is 9.62. The second kappa shape index (κ2) is 14.5. The average Bonchev–Trinajstić information content (AvgIpc) is 3.31. The van der Waals surface area contributed by atoms with Crippen LogP contribution in [0.25, 0.3) is 0 Å². The molecule has 1 aromatic carbocycles. The van der Waals surface area contributed by atoms with Crippen molar-refractivity contribution < 1.29 is 33.2 Å². The summed E-state index contributed by atoms with van der Waals surface area (Å²) in [5.41, 5.74) is -1.76. The van der Waals surface area contributed by atoms with Crippen LogP contribution in [0.15, 0.2) is 54.8 Å². The Bertz CT molecular complexity index is 1220. The van der Waals surface area contributed by atoms with Gasteiger partial charge in [0.25, 0.3) is 0 Å². The van der Waals surface area contributed by atoms with E-state index in [0.29, 0.717) is 32.8 Å². The normalized spacial score (nSPS) is 32.4. The third-order valence-electron chi connectivity index (χ3n) is 11.9. The zero-order chi connectivity index (χ0) is 34.8. The van der Waals surface area contributed by atoms with Crippen molar-refractivity contribution in [2.24, 2.45) is 16.7 Å². The summed E-state index contributed by atoms with van der Waals surface area (Å²) in [5.74, 6) is 0.145. The first-order valence-corrected chi connectivity index (χ1v) is 24.2. The Balaban J connectivity index is 1.65. The minimum Gasteiger partial charge on any atom is -0.502 e. The second-order valence-corrected chi connectivity index (χ2v) is 27.8. The highest BCUT2D eigenvalue weighted by atomic mass is 28.4. The molecule has 3 aliphatic rings. The molecule has 1 heterocycles. The molecule has 1 aliphatic heterocycles. The quantitative estimate of drug-likeness (QED) is 0.0580. The van der Waals surface area contributed by atoms with Crippen LogP contribution in [0.1, 0.15) is 59.4 Å². The molecule has 1 saturated heterocycles. The number of methoxy groups -OCH3 is 1. The molecule has 0 aromatic heterocycles. The van der Waals surface area contributed by atoms with Crippen LogP contribution < -0.4 is 0 Å². The first-order chi connectivity index (χ1) is 21.8. The van der Waals surface area contributed by atoms with Gasteiger partial charge in [0.2, 0.25) is 0 Å². The van der Waals surface area contributed by atoms with Crippen LogP contribution >= 0.6 is 0 Å². The zero-order valence-corrected chi connectivity index (χ0v) is 33.2. The minimum atomic E-state index is -1.92. The van der Waals surface area contributed by atoms with E-state index in [2.05, 4.69) is 91.6 Å². The van der Waals surface area contributed by atoms with Gasteiger partial charge in [0.1, 0.15) is 18.0 Å². The van der Waals surface area contributed by atoms with E-state index >= 15 is 0 Å². The molecule has 47 heavy (non-hydrogen) atoms. The van der Waals surface area contributed by atoms with E-state index in [-0.39, 0.29) is 29.3 Å². The van der Waals surface area contributed by atoms with Gasteiger partial charge in [0.05, 0.1) is 38.3 Å². The van der Waals surface area contributed by atoms with Crippen LogP contribution in [0.2, 0.25) is 43.8 Å². The Hall–Kier alpha value is -1.31. The molecule has 2 bridgehead atoms. The topological polar surface area (TPSA) is 75.6 Å². The molecule has 266 valence electrons. The summed E-state index contributed by atoms with van der Waals surface area (Å²) in [6, 6.07) is 11.3. The fourth-order valence-corrected chi connectivity index (χ4v) is 9.38. The van der Waals surface area contributed by atoms with Crippen LogP contribution in [0.3, 0.4) is 0 Å². The predicted molar refractivity (Wildman–Crippen MR) is 194 cm³/mol. The Morgan fingerprint density at radius 1 is 1.00 bits per heavy atom. The van der Waals surface area contributed by atoms with Gasteiger partial charge >= 0.3 is 0 Å². The van der Waals surface area contributed by atoms with E-state index in [4.69, 9.17) is 28.1 Å². The van der Waals surface area contributed by atoms with Gasteiger partial charge in [-0.3, -0.25) is 0 Å². The maximum atomic E-state index is 13.0. The van der Waals surface area contributed by atoms with Gasteiger partial charge in [-0.1, -0.05) is 90.7 Å². The maximum absolute atomic E-state index is 13.0. The zero-order valence-electron chi connectivity index (χ0n) is 31.2. The van der Waals surface area contributed by atoms with Crippen molar-refractivity contribution in [3.63, 3.8) is 0 Å². The molecule has 6 atom stereocenters. The molecule has 3 fully saturated rings. The number of hydrogen-bond acceptors (Lipinski definition) is 7. The lowest BCUT2D eigenvalue weighted by Crippen LogP contribution is -2.60. The summed E-state index contributed by atoms with van der Waals surface area (Å²) < 4.78 is 37.4. The number of rotatable bonds is 17. The summed E-state index contributed by atoms with van der Waals surface area (Å²) in [5, 5.41) is 13.1. The monoisotopic (exact) mass is 688 g/mol. The Kier molecular flexibility index (Phi) is 11.9. The van der Waals surface area contributed by atoms with Crippen LogP contribution in [-0.4, -0.2) is 78.6 Å². The highest BCUT2D eigenvalue weighted by Crippen LogP contribution is 2.71. The number of aliphatic hydroxyl groups is 1. The van der Waals surface area contributed by atoms with Gasteiger partial charge in [-0.05, 0) is 72.5 Å². The molecule has 0 spiro atoms. The lowest BCUT2D eigenvalue weighted by molar-refractivity contribution is -0.244. The fourth-order valence-electron chi connectivity index (χ4n) is 7.59. The third-order valence-corrected chi connectivity index (χ3v) is 18.1. The molecule has 0 radical (unpaired) electrons. The molecule has 1 aromatic rings. The standard InChI is InChI=1S/C38H64O7Si2/c1-34(2,3)47(10,11)45-23-18-32-36(28-42-32,44-27-30-15-13-12-14-16-30)20-21-38(39)33(43-29-40-6)31-17-19-37(38,35(31,4)5)22-24-41-25-26-46(7,8)9/h12-16,20-22,24,31-33,39H,17-19,23,25-29H2,1-11H3/b21-20-,24-22-/t31-,32-,33-,36+,37+,38-/m1/s1. The summed E-state index contributed by atoms with van der Waals surface area (Å²) in [4.78, 5) is 0. The number of fused-ring (bicyclic) bond motifs is 2. The van der Waals surface area contributed by atoms with Gasteiger partial charge in [0, 0.05) is 27.2 Å². The minimum absolute atomic E-state index is 0.117. The Labute approximate surface area is 287 Å². The molecule has 0 unspecified atom stereocenters. The number of benzene rings is 1. The SMILES string of the molecule is COCO[C@@H]1[C@H]2CC[C@](/C=C\OCC[Si](C)(C)C)(C2(C)C)[C@@]1(O)/C=C\[C@]1(OCc2ccccc2)CO[C@@H]1CCO[Si](C)(C)C(C)(C)C. The first kappa shape index (κ1) is 38.5. The molecular formula is C38H64O7Si2. The number of ether oxygens (including phenoxy) is 5. The van der Waals surface area contributed by atoms with Crippen molar-refractivity contribution >= 4 is 16.4 Å². The van der Waals surface area contributed by atoms with Crippen molar-refractivity contribution in [1.82, 2.24) is 0 Å². The average molecular weight is 689 g/mol. The Morgan fingerprint density at radius 3 is 2.30 bits per heavy atom. The summed E-state index contributed by atoms with van der Waals surface area (Å²) in [6.45, 7) is 25.2. The van der Waals surface area contributed by atoms with Crippen molar-refractivity contribution in [2.45, 2.75) is 128 Å². The van der Waals surface area contributed by atoms with Crippen molar-refractivity contribution in [2.75, 3.05) is 33.7 Å². The molecular weight excluding hydrogens is 625 g/mol. The van der Waals surface area contributed by atoms with E-state index < -0.39 is 39.1 Å². The summed E-state index contributed by atoms with van der Waals surface area (Å²) in [6.07, 6.45) is 9.91. The fraction of sp³-hybridized carbons (Fsp3) is 0.737. The van der Waals surface area contributed by atoms with E-state index in [9.17, 15) is 5.11 Å². The smallest absolute Gasteiger partial charge is 0.191 e. The molecule has 0 amide bonds. The Morgan fingerprint density at radius 2 is 1.70 bits per heavy atom. The highest BCUT2D eigenvalue weighted by molar-refractivity contribution is 6.76. The molecule has 4 rings (SSSR count). The summed E-state index contributed by atoms with van der Waals surface area (Å²) in [7, 11) is -1.51. The van der Waals surface area contributed by atoms with E-state index in [1.54, 1.807) is 7.11 Å². The van der Waals surface area contributed by atoms with Gasteiger partial charge in [-0.25, -0.2) is 0 Å². The van der Waals surface area contributed by atoms with E-state index in [0.717, 1.165) is 24.4 Å². The highest BCUT2D eigenvalue weighted by Gasteiger charge is 2.74. The van der Waals surface area contributed by atoms with Crippen molar-refractivity contribution in [1.29, 1.82) is 0 Å². The van der Waals surface area contributed by atoms with Crippen LogP contribution in [-0.2, 0) is 34.7 Å². The first-order valence-electron chi connectivity index (χ1n) is 17.6. The molecule has 7 nitrogen and oxygen atoms in total. The lowest BCUT2D eigenvalue weighted by Gasteiger charge is -2.50. The van der Waals surface area contributed by atoms with Crippen LogP contribution in [0.4, 0.5) is 0 Å². The molecule has 2 saturated carbocycles. The van der Waals surface area contributed by atoms with Crippen LogP contribution in [0, 0.1) is 16.7 Å². The molecule has 2 aliphatic carbocycles. The van der Waals surface area contributed by atoms with Gasteiger partial charge in [-0.15, -0.1) is 0 Å². The maximum Gasteiger partial charge on any atom is 0.191 e. The van der Waals surface area contributed by atoms with E-state index in [1.807, 2.05) is 30.5 Å². The number of hydrogen-bond donors (Lipinski definition) is 1. The third kappa shape index (κ3) is 7.88. The van der Waals surface area contributed by atoms with E-state index in [1.165, 1.54) is 0 Å². The van der Waals surface area contributed by atoms with Crippen LogP contribution in [0.5, 0.6) is 0 Å². The molecule has 1 N–H and O–H groups in total.